The SMILES string of the molecule is [C-]#[N+]c1cccc(-c2c[n+]3cccn3n2C)c1. The third kappa shape index (κ3) is 1.41. The van der Waals surface area contributed by atoms with Crippen molar-refractivity contribution in [2.24, 2.45) is 7.05 Å². The van der Waals surface area contributed by atoms with Gasteiger partial charge in [-0.15, -0.1) is 4.52 Å². The number of benzene rings is 1. The number of fused-ring (bicyclic) bond motifs is 1. The summed E-state index contributed by atoms with van der Waals surface area (Å²) < 4.78 is 6.04. The highest BCUT2D eigenvalue weighted by atomic mass is 15.5. The molecule has 0 fully saturated rings. The van der Waals surface area contributed by atoms with E-state index in [9.17, 15) is 0 Å². The number of rotatable bonds is 1. The van der Waals surface area contributed by atoms with Crippen LogP contribution in [0.1, 0.15) is 0 Å². The normalized spacial score (nSPS) is 10.6. The average molecular weight is 223 g/mol. The molecule has 3 rings (SSSR count). The van der Waals surface area contributed by atoms with E-state index in [1.54, 1.807) is 0 Å². The summed E-state index contributed by atoms with van der Waals surface area (Å²) in [5.41, 5.74) is 2.80. The van der Waals surface area contributed by atoms with Crippen LogP contribution in [0.3, 0.4) is 0 Å². The first-order valence-corrected chi connectivity index (χ1v) is 5.32. The quantitative estimate of drug-likeness (QED) is 0.444. The van der Waals surface area contributed by atoms with Crippen molar-refractivity contribution in [3.8, 4) is 11.3 Å². The molecule has 0 aliphatic heterocycles. The lowest BCUT2D eigenvalue weighted by atomic mass is 10.1. The molecule has 0 aliphatic rings. The number of hydrogen-bond acceptors (Lipinski definition) is 0. The van der Waals surface area contributed by atoms with Gasteiger partial charge < -0.3 is 0 Å². The summed E-state index contributed by atoms with van der Waals surface area (Å²) in [7, 11) is 2.00. The van der Waals surface area contributed by atoms with Gasteiger partial charge in [-0.25, -0.2) is 4.85 Å². The predicted octanol–water partition coefficient (Wildman–Crippen LogP) is 2.08. The van der Waals surface area contributed by atoms with Gasteiger partial charge in [0.25, 0.3) is 0 Å². The molecule has 4 heteroatoms. The molecular weight excluding hydrogens is 212 g/mol. The van der Waals surface area contributed by atoms with Gasteiger partial charge in [-0.1, -0.05) is 22.8 Å². The van der Waals surface area contributed by atoms with Crippen LogP contribution in [0.5, 0.6) is 0 Å². The van der Waals surface area contributed by atoms with Gasteiger partial charge in [0.1, 0.15) is 13.2 Å². The molecule has 0 N–H and O–H groups in total. The first-order valence-electron chi connectivity index (χ1n) is 5.32. The Morgan fingerprint density at radius 3 is 2.94 bits per heavy atom. The number of nitrogens with zero attached hydrogens (tertiary/aromatic N) is 4. The maximum absolute atomic E-state index is 7.04. The zero-order chi connectivity index (χ0) is 11.8. The fourth-order valence-corrected chi connectivity index (χ4v) is 2.02. The fraction of sp³-hybridized carbons (Fsp3) is 0.0769. The first-order chi connectivity index (χ1) is 8.29. The number of aromatic nitrogens is 3. The van der Waals surface area contributed by atoms with E-state index in [2.05, 4.69) is 4.85 Å². The summed E-state index contributed by atoms with van der Waals surface area (Å²) in [5, 5.41) is 0. The Hall–Kier alpha value is -2.54. The Balaban J connectivity index is 2.23. The molecule has 0 aliphatic carbocycles. The zero-order valence-corrected chi connectivity index (χ0v) is 9.41. The molecule has 0 spiro atoms. The standard InChI is InChI=1S/C13H11N4/c1-14-12-6-3-5-11(9-12)13-10-16-7-4-8-17(16)15(13)2/h3-10H,2H3/q+1. The van der Waals surface area contributed by atoms with Gasteiger partial charge in [0.15, 0.2) is 17.6 Å². The summed E-state index contributed by atoms with van der Waals surface area (Å²) in [6.07, 6.45) is 6.02. The van der Waals surface area contributed by atoms with Crippen LogP contribution in [-0.4, -0.2) is 9.31 Å². The van der Waals surface area contributed by atoms with Gasteiger partial charge in [-0.2, -0.15) is 4.68 Å². The van der Waals surface area contributed by atoms with E-state index in [-0.39, 0.29) is 0 Å². The fourth-order valence-electron chi connectivity index (χ4n) is 2.02. The summed E-state index contributed by atoms with van der Waals surface area (Å²) in [5.74, 6) is 0. The maximum Gasteiger partial charge on any atom is 0.194 e. The van der Waals surface area contributed by atoms with Crippen LogP contribution in [0.2, 0.25) is 0 Å². The van der Waals surface area contributed by atoms with E-state index < -0.39 is 0 Å². The van der Waals surface area contributed by atoms with E-state index in [4.69, 9.17) is 6.57 Å². The molecule has 3 aromatic rings. The van der Waals surface area contributed by atoms with Crippen molar-refractivity contribution in [1.82, 2.24) is 9.31 Å². The van der Waals surface area contributed by atoms with E-state index >= 15 is 0 Å². The average Bonchev–Trinajstić information content (AvgIpc) is 2.93. The zero-order valence-electron chi connectivity index (χ0n) is 9.41. The first kappa shape index (κ1) is 9.67. The Morgan fingerprint density at radius 1 is 1.29 bits per heavy atom. The van der Waals surface area contributed by atoms with Crippen molar-refractivity contribution < 1.29 is 4.52 Å². The summed E-state index contributed by atoms with van der Waals surface area (Å²) in [4.78, 5) is 3.46. The van der Waals surface area contributed by atoms with Crippen LogP contribution >= 0.6 is 0 Å². The van der Waals surface area contributed by atoms with Crippen LogP contribution in [0, 0.1) is 6.57 Å². The molecule has 4 nitrogen and oxygen atoms in total. The highest BCUT2D eigenvalue weighted by molar-refractivity contribution is 5.64. The topological polar surface area (TPSA) is 17.8 Å². The molecule has 2 aromatic heterocycles. The lowest BCUT2D eigenvalue weighted by Gasteiger charge is -1.97. The van der Waals surface area contributed by atoms with E-state index in [0.29, 0.717) is 5.69 Å². The number of hydrogen-bond donors (Lipinski definition) is 0. The highest BCUT2D eigenvalue weighted by Gasteiger charge is 2.14. The van der Waals surface area contributed by atoms with E-state index in [0.717, 1.165) is 11.3 Å². The van der Waals surface area contributed by atoms with E-state index in [1.165, 1.54) is 0 Å². The van der Waals surface area contributed by atoms with Gasteiger partial charge in [0.05, 0.1) is 12.8 Å². The lowest BCUT2D eigenvalue weighted by molar-refractivity contribution is -0.620. The second-order valence-electron chi connectivity index (χ2n) is 3.89. The summed E-state index contributed by atoms with van der Waals surface area (Å²) in [6.45, 7) is 7.04. The Labute approximate surface area is 98.7 Å². The van der Waals surface area contributed by atoms with Crippen molar-refractivity contribution in [1.29, 1.82) is 0 Å². The lowest BCUT2D eigenvalue weighted by Crippen LogP contribution is -2.24. The third-order valence-electron chi connectivity index (χ3n) is 2.88. The van der Waals surface area contributed by atoms with Crippen molar-refractivity contribution in [2.45, 2.75) is 0 Å². The van der Waals surface area contributed by atoms with Crippen molar-refractivity contribution >= 4 is 5.69 Å². The van der Waals surface area contributed by atoms with Gasteiger partial charge in [-0.05, 0) is 6.07 Å². The Kier molecular flexibility index (Phi) is 1.99. The Morgan fingerprint density at radius 2 is 2.18 bits per heavy atom. The Bertz CT molecular complexity index is 727. The van der Waals surface area contributed by atoms with Crippen LogP contribution in [0.25, 0.3) is 16.1 Å². The molecule has 0 atom stereocenters. The smallest absolute Gasteiger partial charge is 0.194 e. The number of aryl methyl sites for hydroxylation is 1. The second kappa shape index (κ2) is 3.49. The second-order valence-corrected chi connectivity index (χ2v) is 3.89. The van der Waals surface area contributed by atoms with Crippen LogP contribution < -0.4 is 4.52 Å². The van der Waals surface area contributed by atoms with Crippen LogP contribution in [-0.2, 0) is 7.05 Å². The molecule has 1 aromatic carbocycles. The summed E-state index contributed by atoms with van der Waals surface area (Å²) >= 11 is 0. The monoisotopic (exact) mass is 223 g/mol. The highest BCUT2D eigenvalue weighted by Crippen LogP contribution is 2.22. The molecule has 0 radical (unpaired) electrons. The molecule has 82 valence electrons. The molecule has 0 bridgehead atoms. The van der Waals surface area contributed by atoms with Crippen molar-refractivity contribution in [3.05, 3.63) is 60.3 Å². The molecule has 0 amide bonds. The predicted molar refractivity (Wildman–Crippen MR) is 63.7 cm³/mol. The van der Waals surface area contributed by atoms with Crippen LogP contribution in [0.4, 0.5) is 5.69 Å². The van der Waals surface area contributed by atoms with Crippen molar-refractivity contribution in [2.75, 3.05) is 0 Å². The van der Waals surface area contributed by atoms with Gasteiger partial charge in [-0.3, -0.25) is 0 Å². The maximum atomic E-state index is 7.04. The van der Waals surface area contributed by atoms with Gasteiger partial charge in [0, 0.05) is 11.6 Å². The largest absolute Gasteiger partial charge is 0.238 e. The minimum Gasteiger partial charge on any atom is -0.238 e. The van der Waals surface area contributed by atoms with Crippen molar-refractivity contribution in [3.63, 3.8) is 0 Å². The van der Waals surface area contributed by atoms with Gasteiger partial charge >= 0.3 is 0 Å². The van der Waals surface area contributed by atoms with Crippen LogP contribution in [0.15, 0.2) is 48.9 Å². The molecular formula is C13H11N4+. The molecule has 17 heavy (non-hydrogen) atoms. The van der Waals surface area contributed by atoms with E-state index in [1.807, 2.05) is 69.8 Å². The molecule has 0 unspecified atom stereocenters. The molecule has 2 heterocycles. The molecule has 0 saturated carbocycles. The minimum absolute atomic E-state index is 0.665. The summed E-state index contributed by atoms with van der Waals surface area (Å²) in [6, 6.07) is 9.64. The third-order valence-corrected chi connectivity index (χ3v) is 2.88. The molecule has 0 saturated heterocycles. The van der Waals surface area contributed by atoms with Gasteiger partial charge in [0.2, 0.25) is 0 Å². The minimum atomic E-state index is 0.665.